The maximum atomic E-state index is 13.9. The summed E-state index contributed by atoms with van der Waals surface area (Å²) in [5, 5.41) is 7.59. The molecule has 2 saturated heterocycles. The quantitative estimate of drug-likeness (QED) is 0.112. The minimum Gasteiger partial charge on any atom is -0.453 e. The van der Waals surface area contributed by atoms with Crippen LogP contribution < -0.4 is 10.6 Å². The van der Waals surface area contributed by atoms with Gasteiger partial charge in [-0.05, 0) is 102 Å². The molecule has 2 aliphatic heterocycles. The predicted molar refractivity (Wildman–Crippen MR) is 225 cm³/mol. The number of likely N-dealkylation sites (tertiary alicyclic amines) is 2. The van der Waals surface area contributed by atoms with Gasteiger partial charge in [-0.1, -0.05) is 62.4 Å². The molecule has 9 rings (SSSR count). The number of hydrogen-bond acceptors (Lipinski definition) is 8. The fraction of sp³-hybridized carbons (Fsp3) is 0.435. The summed E-state index contributed by atoms with van der Waals surface area (Å²) in [6, 6.07) is 19.6. The third kappa shape index (κ3) is 7.26. The Kier molecular flexibility index (Phi) is 10.1. The number of amides is 4. The SMILES string of the molecule is COC(=O)N[C@@H](C)C(=O)N1[C@@H]2CC[C@@H](C2)[C@H]1c1ncc(-c2ccc(-c3ccc4cc(-c5cnc([C@@H]6CC7(CC7)CN6C(=O)[C@@H](NC(=O)OC)C(C)C)[nH]5)ccc4c3)cc2)[nH]1. The van der Waals surface area contributed by atoms with Gasteiger partial charge in [0.05, 0.1) is 50.1 Å². The van der Waals surface area contributed by atoms with E-state index in [1.54, 1.807) is 6.92 Å². The maximum Gasteiger partial charge on any atom is 0.407 e. The Labute approximate surface area is 348 Å². The first kappa shape index (κ1) is 39.3. The number of carbonyl (C=O) groups excluding carboxylic acids is 4. The van der Waals surface area contributed by atoms with Gasteiger partial charge in [-0.15, -0.1) is 0 Å². The summed E-state index contributed by atoms with van der Waals surface area (Å²) < 4.78 is 9.54. The largest absolute Gasteiger partial charge is 0.453 e. The van der Waals surface area contributed by atoms with E-state index in [4.69, 9.17) is 19.4 Å². The van der Waals surface area contributed by atoms with Gasteiger partial charge in [-0.2, -0.15) is 0 Å². The highest BCUT2D eigenvalue weighted by Crippen LogP contribution is 2.58. The van der Waals surface area contributed by atoms with E-state index < -0.39 is 24.3 Å². The maximum absolute atomic E-state index is 13.9. The van der Waals surface area contributed by atoms with Crippen LogP contribution in [0.3, 0.4) is 0 Å². The molecular formula is C46H52N8O6. The highest BCUT2D eigenvalue weighted by molar-refractivity contribution is 5.91. The summed E-state index contributed by atoms with van der Waals surface area (Å²) in [5.41, 5.74) is 6.08. The van der Waals surface area contributed by atoms with Gasteiger partial charge in [0.2, 0.25) is 11.8 Å². The van der Waals surface area contributed by atoms with E-state index in [9.17, 15) is 19.2 Å². The Morgan fingerprint density at radius 1 is 0.750 bits per heavy atom. The molecule has 14 heteroatoms. The molecule has 2 aliphatic carbocycles. The molecule has 4 amide bonds. The number of hydrogen-bond donors (Lipinski definition) is 4. The molecular weight excluding hydrogens is 761 g/mol. The summed E-state index contributed by atoms with van der Waals surface area (Å²) in [4.78, 5) is 71.8. The van der Waals surface area contributed by atoms with Crippen molar-refractivity contribution in [1.82, 2.24) is 40.4 Å². The first-order chi connectivity index (χ1) is 28.9. The van der Waals surface area contributed by atoms with Crippen molar-refractivity contribution in [3.05, 3.63) is 84.7 Å². The Balaban J connectivity index is 0.890. The lowest BCUT2D eigenvalue weighted by molar-refractivity contribution is -0.138. The number of benzene rings is 3. The molecule has 6 atom stereocenters. The van der Waals surface area contributed by atoms with Crippen molar-refractivity contribution < 1.29 is 28.7 Å². The van der Waals surface area contributed by atoms with Crippen LogP contribution in [0.4, 0.5) is 9.59 Å². The van der Waals surface area contributed by atoms with Crippen molar-refractivity contribution in [2.75, 3.05) is 20.8 Å². The molecule has 2 aromatic heterocycles. The first-order valence-electron chi connectivity index (χ1n) is 21.0. The summed E-state index contributed by atoms with van der Waals surface area (Å²) in [6.45, 7) is 6.20. The number of aromatic nitrogens is 4. The van der Waals surface area contributed by atoms with Gasteiger partial charge in [-0.3, -0.25) is 9.59 Å². The number of nitrogens with zero attached hydrogens (tertiary/aromatic N) is 4. The summed E-state index contributed by atoms with van der Waals surface area (Å²) in [5.74, 6) is 1.52. The van der Waals surface area contributed by atoms with E-state index in [1.807, 2.05) is 36.0 Å². The minimum atomic E-state index is -0.700. The average molecular weight is 813 g/mol. The smallest absolute Gasteiger partial charge is 0.407 e. The molecule has 0 unspecified atom stereocenters. The molecule has 4 heterocycles. The van der Waals surface area contributed by atoms with Crippen LogP contribution in [0.5, 0.6) is 0 Å². The van der Waals surface area contributed by atoms with Gasteiger partial charge >= 0.3 is 12.2 Å². The van der Waals surface area contributed by atoms with Crippen molar-refractivity contribution in [3.63, 3.8) is 0 Å². The van der Waals surface area contributed by atoms with E-state index in [0.717, 1.165) is 94.6 Å². The van der Waals surface area contributed by atoms with Crippen LogP contribution in [0.1, 0.15) is 83.0 Å². The molecule has 60 heavy (non-hydrogen) atoms. The number of imidazole rings is 2. The summed E-state index contributed by atoms with van der Waals surface area (Å²) in [7, 11) is 2.60. The van der Waals surface area contributed by atoms with E-state index in [-0.39, 0.29) is 41.3 Å². The monoisotopic (exact) mass is 812 g/mol. The summed E-state index contributed by atoms with van der Waals surface area (Å²) in [6.07, 6.45) is 8.41. The molecule has 14 nitrogen and oxygen atoms in total. The number of aromatic amines is 2. The number of nitrogens with one attached hydrogen (secondary N) is 4. The fourth-order valence-electron chi connectivity index (χ4n) is 9.85. The van der Waals surface area contributed by atoms with Crippen LogP contribution in [-0.4, -0.2) is 92.6 Å². The van der Waals surface area contributed by atoms with Gasteiger partial charge in [0, 0.05) is 18.2 Å². The van der Waals surface area contributed by atoms with Gasteiger partial charge in [-0.25, -0.2) is 19.6 Å². The molecule has 4 fully saturated rings. The minimum absolute atomic E-state index is 0.104. The van der Waals surface area contributed by atoms with Crippen LogP contribution in [0, 0.1) is 17.3 Å². The zero-order chi connectivity index (χ0) is 41.9. The van der Waals surface area contributed by atoms with Gasteiger partial charge in [0.25, 0.3) is 0 Å². The number of H-pyrrole nitrogens is 2. The zero-order valence-electron chi connectivity index (χ0n) is 34.7. The van der Waals surface area contributed by atoms with Crippen LogP contribution >= 0.6 is 0 Å². The third-order valence-corrected chi connectivity index (χ3v) is 13.3. The van der Waals surface area contributed by atoms with Crippen LogP contribution in [0.2, 0.25) is 0 Å². The molecule has 3 aromatic carbocycles. The number of rotatable bonds is 10. The fourth-order valence-corrected chi connectivity index (χ4v) is 9.85. The number of fused-ring (bicyclic) bond motifs is 3. The molecule has 4 aliphatic rings. The molecule has 0 radical (unpaired) electrons. The molecule has 5 aromatic rings. The van der Waals surface area contributed by atoms with Crippen molar-refractivity contribution in [2.45, 2.75) is 89.5 Å². The Hall–Kier alpha value is -6.18. The Morgan fingerprint density at radius 2 is 1.35 bits per heavy atom. The number of ether oxygens (including phenoxy) is 2. The number of methoxy groups -OCH3 is 2. The molecule has 4 N–H and O–H groups in total. The normalized spacial score (nSPS) is 22.3. The summed E-state index contributed by atoms with van der Waals surface area (Å²) >= 11 is 0. The molecule has 2 saturated carbocycles. The van der Waals surface area contributed by atoms with E-state index in [1.165, 1.54) is 14.2 Å². The zero-order valence-corrected chi connectivity index (χ0v) is 34.7. The predicted octanol–water partition coefficient (Wildman–Crippen LogP) is 7.52. The van der Waals surface area contributed by atoms with E-state index >= 15 is 0 Å². The number of carbonyl (C=O) groups is 4. The second-order valence-electron chi connectivity index (χ2n) is 17.5. The van der Waals surface area contributed by atoms with E-state index in [0.29, 0.717) is 12.5 Å². The highest BCUT2D eigenvalue weighted by atomic mass is 16.5. The topological polar surface area (TPSA) is 175 Å². The molecule has 312 valence electrons. The van der Waals surface area contributed by atoms with Crippen LogP contribution in [0.15, 0.2) is 73.1 Å². The van der Waals surface area contributed by atoms with Crippen LogP contribution in [0.25, 0.3) is 44.4 Å². The van der Waals surface area contributed by atoms with Gasteiger partial charge < -0.3 is 39.9 Å². The van der Waals surface area contributed by atoms with Crippen molar-refractivity contribution in [1.29, 1.82) is 0 Å². The molecule has 2 bridgehead atoms. The standard InChI is InChI=1S/C46H52N8O6/c1-25(2)38(52-45(58)60-5)43(56)53-24-46(16-17-46)21-37(53)40-47-23-36(50-40)32-13-12-30-18-29(10-11-31(30)19-32)27-6-8-28(9-7-27)35-22-48-41(51-35)39-33-14-15-34(20-33)54(39)42(55)26(3)49-44(57)59-4/h6-13,18-19,22-23,25-26,33-34,37-39H,14-17,20-21,24H2,1-5H3,(H,47,50)(H,48,51)(H,49,57)(H,52,58)/t26-,33-,34+,37-,38-,39-/m0/s1. The first-order valence-corrected chi connectivity index (χ1v) is 21.0. The van der Waals surface area contributed by atoms with Gasteiger partial charge in [0.1, 0.15) is 23.7 Å². The van der Waals surface area contributed by atoms with Crippen molar-refractivity contribution >= 4 is 34.8 Å². The number of alkyl carbamates (subject to hydrolysis) is 2. The van der Waals surface area contributed by atoms with E-state index in [2.05, 4.69) is 81.3 Å². The van der Waals surface area contributed by atoms with Crippen LogP contribution in [-0.2, 0) is 19.1 Å². The van der Waals surface area contributed by atoms with Crippen molar-refractivity contribution in [3.8, 4) is 33.6 Å². The number of piperidine rings is 1. The van der Waals surface area contributed by atoms with Crippen molar-refractivity contribution in [2.24, 2.45) is 17.3 Å². The second-order valence-corrected chi connectivity index (χ2v) is 17.5. The highest BCUT2D eigenvalue weighted by Gasteiger charge is 2.55. The second kappa shape index (κ2) is 15.4. The lowest BCUT2D eigenvalue weighted by Gasteiger charge is -2.36. The third-order valence-electron chi connectivity index (χ3n) is 13.3. The Morgan fingerprint density at radius 3 is 2.03 bits per heavy atom. The molecule has 1 spiro atoms. The average Bonchev–Trinajstić information content (AvgIpc) is 3.89. The lowest BCUT2D eigenvalue weighted by Crippen LogP contribution is -2.51. The Bertz CT molecular complexity index is 2450. The lowest BCUT2D eigenvalue weighted by atomic mass is 9.97. The van der Waals surface area contributed by atoms with Gasteiger partial charge in [0.15, 0.2) is 0 Å².